The standard InChI is InChI=1S/C97H91N11O10/c1-94(2,3)76-37-29-72(30-38-76)90-104-100-86(115-90)68-21-13-61(14-22-68)55-109-82-47-66(48-83(52-82)110-56-62-15-23-69(24-16-62)87-101-105-91(116-87)73-31-39-77(40-32-73)95(4,5)6)59-113-80-45-65(54-99-108-98)46-81(51-80)114-60-67-49-84(111-57-63-17-25-70(26-18-63)88-102-106-92(117-88)74-33-41-78(42-34-74)96(7,8)9)53-85(50-67)112-58-64-19-27-71(28-20-64)89-103-107-93(118-89)75-35-43-79(44-36-75)97(10,11)12/h13-53H,54-60H2,1-12H3. The Kier molecular flexibility index (Phi) is 23.0. The molecule has 0 saturated heterocycles. The van der Waals surface area contributed by atoms with Crippen LogP contribution in [0, 0.1) is 0 Å². The monoisotopic (exact) mass is 1570 g/mol. The molecule has 0 radical (unpaired) electrons. The lowest BCUT2D eigenvalue weighted by Gasteiger charge is -2.18. The predicted octanol–water partition coefficient (Wildman–Crippen LogP) is 24.0. The van der Waals surface area contributed by atoms with Crippen LogP contribution in [-0.4, -0.2) is 40.8 Å². The van der Waals surface area contributed by atoms with Crippen LogP contribution in [0.25, 0.3) is 102 Å². The fourth-order valence-electron chi connectivity index (χ4n) is 13.0. The third kappa shape index (κ3) is 20.1. The number of aromatic nitrogens is 8. The molecule has 0 unspecified atom stereocenters. The summed E-state index contributed by atoms with van der Waals surface area (Å²) in [5.41, 5.74) is 26.7. The fraction of sp³-hybridized carbons (Fsp3) is 0.237. The van der Waals surface area contributed by atoms with Gasteiger partial charge in [-0.3, -0.25) is 0 Å². The predicted molar refractivity (Wildman–Crippen MR) is 454 cm³/mol. The Morgan fingerprint density at radius 1 is 0.237 bits per heavy atom. The highest BCUT2D eigenvalue weighted by Crippen LogP contribution is 2.37. The van der Waals surface area contributed by atoms with Crippen molar-refractivity contribution in [3.8, 4) is 126 Å². The van der Waals surface area contributed by atoms with Crippen molar-refractivity contribution in [2.75, 3.05) is 0 Å². The molecule has 21 nitrogen and oxygen atoms in total. The summed E-state index contributed by atoms with van der Waals surface area (Å²) in [6, 6.07) is 80.9. The van der Waals surface area contributed by atoms with Crippen molar-refractivity contribution in [3.63, 3.8) is 0 Å². The molecule has 0 saturated carbocycles. The Bertz CT molecular complexity index is 5300. The van der Waals surface area contributed by atoms with Gasteiger partial charge in [-0.15, -0.1) is 40.8 Å². The zero-order valence-corrected chi connectivity index (χ0v) is 68.1. The molecule has 0 atom stereocenters. The van der Waals surface area contributed by atoms with E-state index in [2.05, 4.69) is 182 Å². The van der Waals surface area contributed by atoms with Crippen LogP contribution in [0.15, 0.2) is 272 Å². The van der Waals surface area contributed by atoms with Gasteiger partial charge < -0.3 is 46.1 Å². The number of ether oxygens (including phenoxy) is 6. The second-order valence-electron chi connectivity index (χ2n) is 33.3. The van der Waals surface area contributed by atoms with Gasteiger partial charge in [0, 0.05) is 67.6 Å². The van der Waals surface area contributed by atoms with E-state index in [1.807, 2.05) is 194 Å². The summed E-state index contributed by atoms with van der Waals surface area (Å²) in [5.74, 6) is 6.49. The SMILES string of the molecule is CC(C)(C)c1ccc(-c2nnc(-c3ccc(COc4cc(COc5cc(CN=[N+]=[N-])cc(OCc6cc(OCc7ccc(-c8nnc(-c9ccc(C(C)(C)C)cc9)o8)cc7)cc(OCc7ccc(-c8nnc(-c9ccc(C(C)(C)C)cc9)o8)cc7)c6)c5)cc(OCc5ccc(-c6nnc(-c7ccc(C(C)(C)C)cc7)o6)cc5)c4)cc3)o2)cc1. The molecule has 15 rings (SSSR count). The van der Waals surface area contributed by atoms with Gasteiger partial charge in [-0.05, 0) is 222 Å². The van der Waals surface area contributed by atoms with Crippen molar-refractivity contribution in [2.45, 2.75) is 151 Å². The number of azide groups is 1. The molecule has 0 spiro atoms. The molecule has 0 bridgehead atoms. The topological polar surface area (TPSA) is 260 Å². The highest BCUT2D eigenvalue weighted by atomic mass is 16.5. The average Bonchev–Trinajstić information content (AvgIpc) is 1.63. The average molecular weight is 1570 g/mol. The maximum Gasteiger partial charge on any atom is 0.248 e. The number of hydrogen-bond acceptors (Lipinski definition) is 19. The van der Waals surface area contributed by atoms with Gasteiger partial charge in [0.25, 0.3) is 0 Å². The molecule has 4 heterocycles. The Hall–Kier alpha value is -13.9. The van der Waals surface area contributed by atoms with E-state index in [1.54, 1.807) is 6.07 Å². The Morgan fingerprint density at radius 3 is 0.585 bits per heavy atom. The van der Waals surface area contributed by atoms with E-state index in [9.17, 15) is 5.53 Å². The third-order valence-corrected chi connectivity index (χ3v) is 20.1. The van der Waals surface area contributed by atoms with E-state index in [-0.39, 0.29) is 67.8 Å². The first-order chi connectivity index (χ1) is 56.8. The van der Waals surface area contributed by atoms with Gasteiger partial charge in [0.2, 0.25) is 47.1 Å². The molecule has 4 aromatic heterocycles. The van der Waals surface area contributed by atoms with Gasteiger partial charge in [-0.2, -0.15) is 0 Å². The second-order valence-corrected chi connectivity index (χ2v) is 33.3. The van der Waals surface area contributed by atoms with Crippen LogP contribution in [0.5, 0.6) is 34.5 Å². The van der Waals surface area contributed by atoms with Gasteiger partial charge in [0.1, 0.15) is 74.1 Å². The zero-order valence-electron chi connectivity index (χ0n) is 68.1. The molecule has 15 aromatic rings. The summed E-state index contributed by atoms with van der Waals surface area (Å²) < 4.78 is 64.2. The molecular weight excluding hydrogens is 1480 g/mol. The Morgan fingerprint density at radius 2 is 0.407 bits per heavy atom. The summed E-state index contributed by atoms with van der Waals surface area (Å²) >= 11 is 0. The van der Waals surface area contributed by atoms with E-state index in [1.165, 1.54) is 22.3 Å². The summed E-state index contributed by atoms with van der Waals surface area (Å²) in [6.45, 7) is 27.3. The van der Waals surface area contributed by atoms with Crippen LogP contribution in [0.4, 0.5) is 0 Å². The van der Waals surface area contributed by atoms with Crippen LogP contribution >= 0.6 is 0 Å². The van der Waals surface area contributed by atoms with E-state index < -0.39 is 0 Å². The minimum absolute atomic E-state index is 0.0147. The fourth-order valence-corrected chi connectivity index (χ4v) is 13.0. The maximum atomic E-state index is 9.54. The van der Waals surface area contributed by atoms with E-state index in [0.717, 1.165) is 77.9 Å². The van der Waals surface area contributed by atoms with Gasteiger partial charge in [0.15, 0.2) is 0 Å². The Balaban J connectivity index is 0.650. The Labute approximate surface area is 685 Å². The van der Waals surface area contributed by atoms with Gasteiger partial charge >= 0.3 is 0 Å². The van der Waals surface area contributed by atoms with E-state index in [4.69, 9.17) is 46.1 Å². The first-order valence-corrected chi connectivity index (χ1v) is 39.1. The molecule has 118 heavy (non-hydrogen) atoms. The third-order valence-electron chi connectivity index (χ3n) is 20.1. The van der Waals surface area contributed by atoms with E-state index in [0.29, 0.717) is 87.2 Å². The highest BCUT2D eigenvalue weighted by molar-refractivity contribution is 5.63. The van der Waals surface area contributed by atoms with Crippen molar-refractivity contribution in [1.29, 1.82) is 0 Å². The molecule has 0 aliphatic carbocycles. The summed E-state index contributed by atoms with van der Waals surface area (Å²) in [5, 5.41) is 38.9. The zero-order chi connectivity index (χ0) is 82.1. The summed E-state index contributed by atoms with van der Waals surface area (Å²) in [6.07, 6.45) is 0. The van der Waals surface area contributed by atoms with Crippen LogP contribution in [0.3, 0.4) is 0 Å². The maximum absolute atomic E-state index is 9.54. The van der Waals surface area contributed by atoms with Gasteiger partial charge in [-0.25, -0.2) is 0 Å². The quantitative estimate of drug-likeness (QED) is 0.0251. The van der Waals surface area contributed by atoms with Crippen molar-refractivity contribution in [2.24, 2.45) is 5.11 Å². The highest BCUT2D eigenvalue weighted by Gasteiger charge is 2.23. The summed E-state index contributed by atoms with van der Waals surface area (Å²) in [7, 11) is 0. The molecule has 0 aliphatic heterocycles. The molecule has 21 heteroatoms. The van der Waals surface area contributed by atoms with Crippen LogP contribution in [0.1, 0.15) is 144 Å². The van der Waals surface area contributed by atoms with Crippen LogP contribution in [0.2, 0.25) is 0 Å². The van der Waals surface area contributed by atoms with Crippen molar-refractivity contribution < 1.29 is 46.1 Å². The van der Waals surface area contributed by atoms with Crippen LogP contribution in [-0.2, 0) is 67.8 Å². The molecule has 0 aliphatic rings. The molecule has 0 N–H and O–H groups in total. The lowest BCUT2D eigenvalue weighted by atomic mass is 9.87. The molecule has 0 amide bonds. The van der Waals surface area contributed by atoms with Crippen LogP contribution < -0.4 is 28.4 Å². The first-order valence-electron chi connectivity index (χ1n) is 39.1. The van der Waals surface area contributed by atoms with Crippen molar-refractivity contribution >= 4 is 0 Å². The smallest absolute Gasteiger partial charge is 0.248 e. The number of nitrogens with zero attached hydrogens (tertiary/aromatic N) is 11. The molecular formula is C97H91N11O10. The first kappa shape index (κ1) is 79.3. The number of rotatable bonds is 28. The molecule has 594 valence electrons. The minimum Gasteiger partial charge on any atom is -0.489 e. The van der Waals surface area contributed by atoms with Crippen molar-refractivity contribution in [3.05, 3.63) is 320 Å². The van der Waals surface area contributed by atoms with E-state index >= 15 is 0 Å². The van der Waals surface area contributed by atoms with Gasteiger partial charge in [-0.1, -0.05) is 185 Å². The number of benzene rings is 11. The minimum atomic E-state index is 0.0147. The molecule has 0 fully saturated rings. The number of hydrogen-bond donors (Lipinski definition) is 0. The second kappa shape index (κ2) is 34.3. The largest absolute Gasteiger partial charge is 0.489 e. The normalized spacial score (nSPS) is 11.8. The van der Waals surface area contributed by atoms with Gasteiger partial charge in [0.05, 0.1) is 6.54 Å². The summed E-state index contributed by atoms with van der Waals surface area (Å²) in [4.78, 5) is 3.07. The van der Waals surface area contributed by atoms with Crippen molar-refractivity contribution in [1.82, 2.24) is 40.8 Å². The molecule has 11 aromatic carbocycles. The lowest BCUT2D eigenvalue weighted by Crippen LogP contribution is -2.10. The lowest BCUT2D eigenvalue weighted by molar-refractivity contribution is 0.276.